The Morgan fingerprint density at radius 2 is 1.15 bits per heavy atom. The highest BCUT2D eigenvalue weighted by Crippen LogP contribution is 2.15. The highest BCUT2D eigenvalue weighted by molar-refractivity contribution is 5.92. The summed E-state index contributed by atoms with van der Waals surface area (Å²) in [5.74, 6) is 0.299. The van der Waals surface area contributed by atoms with Gasteiger partial charge in [-0.1, -0.05) is 0 Å². The highest BCUT2D eigenvalue weighted by Gasteiger charge is 2.23. The van der Waals surface area contributed by atoms with Gasteiger partial charge in [0.15, 0.2) is 0 Å². The number of methoxy groups -OCH3 is 1. The van der Waals surface area contributed by atoms with E-state index in [-0.39, 0.29) is 64.8 Å². The zero-order valence-electron chi connectivity index (χ0n) is 18.3. The molecule has 182 valence electrons. The Labute approximate surface area is 190 Å². The van der Waals surface area contributed by atoms with Gasteiger partial charge in [-0.25, -0.2) is 14.4 Å². The van der Waals surface area contributed by atoms with E-state index in [1.54, 1.807) is 29.2 Å². The van der Waals surface area contributed by atoms with E-state index in [4.69, 9.17) is 4.74 Å². The Hall–Kier alpha value is -3.74. The molecule has 0 radical (unpaired) electrons. The number of nitrogens with one attached hydrogen (secondary N) is 1. The fraction of sp³-hybridized carbons (Fsp3) is 0.500. The van der Waals surface area contributed by atoms with Crippen molar-refractivity contribution in [3.63, 3.8) is 0 Å². The predicted molar refractivity (Wildman–Crippen MR) is 117 cm³/mol. The van der Waals surface area contributed by atoms with Gasteiger partial charge >= 0.3 is 18.3 Å². The summed E-state index contributed by atoms with van der Waals surface area (Å²) < 4.78 is 5.08. The van der Waals surface area contributed by atoms with Crippen LogP contribution in [0.3, 0.4) is 0 Å². The van der Waals surface area contributed by atoms with E-state index in [1.807, 2.05) is 0 Å². The van der Waals surface area contributed by atoms with Crippen molar-refractivity contribution in [3.05, 3.63) is 24.3 Å². The molecule has 0 unspecified atom stereocenters. The van der Waals surface area contributed by atoms with Crippen molar-refractivity contribution in [3.8, 4) is 5.75 Å². The number of rotatable bonds is 4. The topological polar surface area (TPSA) is 163 Å². The van der Waals surface area contributed by atoms with Crippen molar-refractivity contribution in [2.24, 2.45) is 0 Å². The quantitative estimate of drug-likeness (QED) is 0.503. The number of benzene rings is 1. The molecular weight excluding hydrogens is 438 g/mol. The molecule has 2 rings (SSSR count). The average Bonchev–Trinajstić information content (AvgIpc) is 2.75. The molecule has 1 heterocycles. The Morgan fingerprint density at radius 3 is 1.52 bits per heavy atom. The molecule has 1 fully saturated rings. The standard InChI is InChI=1S/C20H29N5O8/c1-33-16-4-2-15(3-5-16)21-17(26)14-22-6-8-23(18(27)28)10-12-25(20(31)32)13-11-24(9-7-22)19(29)30/h2-5H,6-14H2,1H3,(H,21,26)(H,27,28)(H,29,30)(H,31,32). The van der Waals surface area contributed by atoms with Crippen LogP contribution in [0.4, 0.5) is 20.1 Å². The molecular formula is C20H29N5O8. The molecule has 0 spiro atoms. The van der Waals surface area contributed by atoms with Gasteiger partial charge in [0, 0.05) is 58.0 Å². The molecule has 4 N–H and O–H groups in total. The number of ether oxygens (including phenoxy) is 1. The average molecular weight is 467 g/mol. The molecule has 1 saturated heterocycles. The second-order valence-electron chi connectivity index (χ2n) is 7.36. The van der Waals surface area contributed by atoms with Gasteiger partial charge in [0.1, 0.15) is 5.75 Å². The van der Waals surface area contributed by atoms with Crippen LogP contribution in [0.2, 0.25) is 0 Å². The van der Waals surface area contributed by atoms with Gasteiger partial charge in [0.2, 0.25) is 5.91 Å². The molecule has 0 aromatic heterocycles. The molecule has 0 aliphatic carbocycles. The van der Waals surface area contributed by atoms with E-state index in [2.05, 4.69) is 5.32 Å². The van der Waals surface area contributed by atoms with Gasteiger partial charge in [-0.3, -0.25) is 9.69 Å². The molecule has 1 aliphatic rings. The van der Waals surface area contributed by atoms with Crippen LogP contribution in [0.15, 0.2) is 24.3 Å². The molecule has 1 aromatic carbocycles. The van der Waals surface area contributed by atoms with Crippen LogP contribution in [-0.4, -0.2) is 125 Å². The zero-order chi connectivity index (χ0) is 24.4. The molecule has 0 saturated carbocycles. The van der Waals surface area contributed by atoms with Gasteiger partial charge in [0.25, 0.3) is 0 Å². The van der Waals surface area contributed by atoms with Crippen LogP contribution in [0, 0.1) is 0 Å². The van der Waals surface area contributed by atoms with Gasteiger partial charge in [-0.15, -0.1) is 0 Å². The summed E-state index contributed by atoms with van der Waals surface area (Å²) in [6.45, 7) is 0.0125. The number of carbonyl (C=O) groups is 4. The maximum absolute atomic E-state index is 12.5. The van der Waals surface area contributed by atoms with Gasteiger partial charge < -0.3 is 40.1 Å². The third-order valence-electron chi connectivity index (χ3n) is 5.20. The lowest BCUT2D eigenvalue weighted by atomic mass is 10.3. The lowest BCUT2D eigenvalue weighted by Gasteiger charge is -2.31. The van der Waals surface area contributed by atoms with E-state index in [9.17, 15) is 34.5 Å². The minimum atomic E-state index is -1.25. The number of carboxylic acid groups (broad SMARTS) is 3. The monoisotopic (exact) mass is 467 g/mol. The Morgan fingerprint density at radius 1 is 0.758 bits per heavy atom. The minimum absolute atomic E-state index is 0.0334. The third-order valence-corrected chi connectivity index (χ3v) is 5.20. The van der Waals surface area contributed by atoms with Gasteiger partial charge in [-0.05, 0) is 24.3 Å². The third kappa shape index (κ3) is 8.37. The van der Waals surface area contributed by atoms with Crippen molar-refractivity contribution < 1.29 is 39.2 Å². The van der Waals surface area contributed by atoms with Crippen LogP contribution in [-0.2, 0) is 4.79 Å². The van der Waals surface area contributed by atoms with Crippen molar-refractivity contribution >= 4 is 29.9 Å². The summed E-state index contributed by atoms with van der Waals surface area (Å²) in [4.78, 5) is 51.9. The number of hydrogen-bond acceptors (Lipinski definition) is 6. The maximum Gasteiger partial charge on any atom is 0.407 e. The fourth-order valence-electron chi connectivity index (χ4n) is 3.26. The second kappa shape index (κ2) is 12.3. The van der Waals surface area contributed by atoms with E-state index < -0.39 is 18.3 Å². The zero-order valence-corrected chi connectivity index (χ0v) is 18.3. The van der Waals surface area contributed by atoms with E-state index in [0.29, 0.717) is 11.4 Å². The Bertz CT molecular complexity index is 804. The van der Waals surface area contributed by atoms with Gasteiger partial charge in [0.05, 0.1) is 13.7 Å². The summed E-state index contributed by atoms with van der Waals surface area (Å²) in [6, 6.07) is 6.75. The number of anilines is 1. The van der Waals surface area contributed by atoms with E-state index in [0.717, 1.165) is 14.7 Å². The lowest BCUT2D eigenvalue weighted by molar-refractivity contribution is -0.117. The molecule has 33 heavy (non-hydrogen) atoms. The van der Waals surface area contributed by atoms with Crippen LogP contribution in [0.25, 0.3) is 0 Å². The summed E-state index contributed by atoms with van der Waals surface area (Å²) in [6.07, 6.45) is -3.65. The number of carbonyl (C=O) groups excluding carboxylic acids is 1. The first kappa shape index (κ1) is 25.5. The molecule has 1 aromatic rings. The first-order valence-electron chi connectivity index (χ1n) is 10.3. The van der Waals surface area contributed by atoms with Crippen molar-refractivity contribution in [2.45, 2.75) is 0 Å². The van der Waals surface area contributed by atoms with Crippen LogP contribution in [0.5, 0.6) is 5.75 Å². The molecule has 13 heteroatoms. The largest absolute Gasteiger partial charge is 0.497 e. The van der Waals surface area contributed by atoms with Crippen LogP contribution >= 0.6 is 0 Å². The number of hydrogen-bond donors (Lipinski definition) is 4. The first-order chi connectivity index (χ1) is 15.7. The predicted octanol–water partition coefficient (Wildman–Crippen LogP) is 0.889. The Balaban J connectivity index is 2.08. The van der Waals surface area contributed by atoms with E-state index in [1.165, 1.54) is 7.11 Å². The molecule has 13 nitrogen and oxygen atoms in total. The van der Waals surface area contributed by atoms with Crippen LogP contribution in [0.1, 0.15) is 0 Å². The molecule has 0 bridgehead atoms. The molecule has 1 aliphatic heterocycles. The second-order valence-corrected chi connectivity index (χ2v) is 7.36. The first-order valence-corrected chi connectivity index (χ1v) is 10.3. The molecule has 4 amide bonds. The van der Waals surface area contributed by atoms with Crippen molar-refractivity contribution in [2.75, 3.05) is 71.3 Å². The Kier molecular flexibility index (Phi) is 9.54. The fourth-order valence-corrected chi connectivity index (χ4v) is 3.26. The van der Waals surface area contributed by atoms with E-state index >= 15 is 0 Å². The summed E-state index contributed by atoms with van der Waals surface area (Å²) in [5.41, 5.74) is 0.559. The maximum atomic E-state index is 12.5. The summed E-state index contributed by atoms with van der Waals surface area (Å²) in [7, 11) is 1.53. The number of nitrogens with zero attached hydrogens (tertiary/aromatic N) is 4. The SMILES string of the molecule is COc1ccc(NC(=O)CN2CCN(C(=O)O)CCN(C(=O)O)CCN(C(=O)O)CC2)cc1. The number of amides is 4. The lowest BCUT2D eigenvalue weighted by Crippen LogP contribution is -2.49. The van der Waals surface area contributed by atoms with Gasteiger partial charge in [-0.2, -0.15) is 0 Å². The summed E-state index contributed by atoms with van der Waals surface area (Å²) >= 11 is 0. The summed E-state index contributed by atoms with van der Waals surface area (Å²) in [5, 5.41) is 31.0. The minimum Gasteiger partial charge on any atom is -0.497 e. The van der Waals surface area contributed by atoms with Crippen molar-refractivity contribution in [1.29, 1.82) is 0 Å². The van der Waals surface area contributed by atoms with Crippen molar-refractivity contribution in [1.82, 2.24) is 19.6 Å². The van der Waals surface area contributed by atoms with Crippen LogP contribution < -0.4 is 10.1 Å². The smallest absolute Gasteiger partial charge is 0.407 e. The normalized spacial score (nSPS) is 16.3. The highest BCUT2D eigenvalue weighted by atomic mass is 16.5. The molecule has 0 atom stereocenters.